The van der Waals surface area contributed by atoms with Crippen molar-refractivity contribution in [1.29, 1.82) is 5.26 Å². The molecule has 1 aromatic carbocycles. The second kappa shape index (κ2) is 5.52. The molecule has 92 valence electrons. The molecule has 0 atom stereocenters. The molecule has 1 heterocycles. The first-order chi connectivity index (χ1) is 8.78. The Morgan fingerprint density at radius 2 is 2.06 bits per heavy atom. The number of nitriles is 1. The van der Waals surface area contributed by atoms with E-state index in [9.17, 15) is 0 Å². The van der Waals surface area contributed by atoms with Crippen molar-refractivity contribution in [3.63, 3.8) is 0 Å². The van der Waals surface area contributed by atoms with Gasteiger partial charge in [-0.3, -0.25) is 0 Å². The lowest BCUT2D eigenvalue weighted by Gasteiger charge is -2.08. The molecule has 0 N–H and O–H groups in total. The second-order valence-electron chi connectivity index (χ2n) is 3.54. The predicted octanol–water partition coefficient (Wildman–Crippen LogP) is 2.89. The van der Waals surface area contributed by atoms with Crippen LogP contribution in [-0.4, -0.2) is 19.2 Å². The third-order valence-electron chi connectivity index (χ3n) is 2.44. The van der Waals surface area contributed by atoms with E-state index < -0.39 is 0 Å². The van der Waals surface area contributed by atoms with E-state index in [1.165, 1.54) is 11.3 Å². The van der Waals surface area contributed by atoms with Crippen LogP contribution in [0.4, 0.5) is 0 Å². The number of hydrogen-bond donors (Lipinski definition) is 0. The molecule has 0 aliphatic rings. The minimum absolute atomic E-state index is 0.394. The normalized spacial score (nSPS) is 9.83. The molecule has 1 aromatic heterocycles. The summed E-state index contributed by atoms with van der Waals surface area (Å²) in [6, 6.07) is 7.77. The zero-order valence-corrected chi connectivity index (χ0v) is 11.0. The van der Waals surface area contributed by atoms with Gasteiger partial charge in [0.25, 0.3) is 0 Å². The molecular formula is C13H12N2O2S. The smallest absolute Gasteiger partial charge is 0.161 e. The van der Waals surface area contributed by atoms with Crippen molar-refractivity contribution < 1.29 is 9.47 Å². The van der Waals surface area contributed by atoms with Gasteiger partial charge in [0.15, 0.2) is 11.5 Å². The summed E-state index contributed by atoms with van der Waals surface area (Å²) in [6.45, 7) is 0. The largest absolute Gasteiger partial charge is 0.493 e. The van der Waals surface area contributed by atoms with E-state index in [0.717, 1.165) is 15.4 Å². The van der Waals surface area contributed by atoms with Gasteiger partial charge in [-0.05, 0) is 18.2 Å². The van der Waals surface area contributed by atoms with Crippen LogP contribution in [0, 0.1) is 11.3 Å². The highest BCUT2D eigenvalue weighted by Gasteiger charge is 2.09. The van der Waals surface area contributed by atoms with Gasteiger partial charge in [0.05, 0.1) is 26.7 Å². The molecule has 5 heteroatoms. The number of aromatic nitrogens is 1. The summed E-state index contributed by atoms with van der Waals surface area (Å²) in [7, 11) is 3.20. The molecule has 0 saturated heterocycles. The Labute approximate surface area is 109 Å². The molecule has 0 radical (unpaired) electrons. The van der Waals surface area contributed by atoms with Crippen LogP contribution in [0.2, 0.25) is 0 Å². The van der Waals surface area contributed by atoms with E-state index in [0.29, 0.717) is 17.9 Å². The fourth-order valence-electron chi connectivity index (χ4n) is 1.57. The summed E-state index contributed by atoms with van der Waals surface area (Å²) in [6.07, 6.45) is 2.13. The first-order valence-corrected chi connectivity index (χ1v) is 6.14. The summed E-state index contributed by atoms with van der Waals surface area (Å²) in [5, 5.41) is 9.52. The quantitative estimate of drug-likeness (QED) is 0.848. The summed E-state index contributed by atoms with van der Waals surface area (Å²) >= 11 is 1.51. The lowest BCUT2D eigenvalue weighted by atomic mass is 10.2. The fourth-order valence-corrected chi connectivity index (χ4v) is 2.41. The fraction of sp³-hybridized carbons (Fsp3) is 0.231. The summed E-state index contributed by atoms with van der Waals surface area (Å²) < 4.78 is 10.4. The Balaban J connectivity index is 2.35. The number of thiazole rings is 1. The number of rotatable bonds is 4. The lowest BCUT2D eigenvalue weighted by Crippen LogP contribution is -1.90. The second-order valence-corrected chi connectivity index (χ2v) is 4.65. The Kier molecular flexibility index (Phi) is 3.80. The molecule has 0 aliphatic carbocycles. The molecule has 0 bridgehead atoms. The zero-order valence-electron chi connectivity index (χ0n) is 10.1. The van der Waals surface area contributed by atoms with Gasteiger partial charge in [0.2, 0.25) is 0 Å². The van der Waals surface area contributed by atoms with Crippen molar-refractivity contribution in [3.05, 3.63) is 29.3 Å². The van der Waals surface area contributed by atoms with Gasteiger partial charge in [0.1, 0.15) is 5.01 Å². The van der Waals surface area contributed by atoms with Crippen molar-refractivity contribution in [2.75, 3.05) is 14.2 Å². The van der Waals surface area contributed by atoms with Gasteiger partial charge in [-0.15, -0.1) is 11.3 Å². The van der Waals surface area contributed by atoms with Crippen LogP contribution in [0.1, 0.15) is 4.88 Å². The Hall–Kier alpha value is -2.06. The Morgan fingerprint density at radius 1 is 1.28 bits per heavy atom. The standard InChI is InChI=1S/C13H12N2O2S/c1-16-11-4-3-9(7-12(11)17-2)13-15-8-10(18-13)5-6-14/h3-4,7-8H,5H2,1-2H3. The van der Waals surface area contributed by atoms with Crippen LogP contribution < -0.4 is 9.47 Å². The van der Waals surface area contributed by atoms with Gasteiger partial charge >= 0.3 is 0 Å². The van der Waals surface area contributed by atoms with Crippen molar-refractivity contribution in [2.24, 2.45) is 0 Å². The maximum atomic E-state index is 8.64. The van der Waals surface area contributed by atoms with Crippen molar-refractivity contribution >= 4 is 11.3 Å². The number of benzene rings is 1. The first-order valence-electron chi connectivity index (χ1n) is 5.32. The molecular weight excluding hydrogens is 248 g/mol. The highest BCUT2D eigenvalue weighted by Crippen LogP contribution is 2.33. The average molecular weight is 260 g/mol. The van der Waals surface area contributed by atoms with Crippen LogP contribution in [0.25, 0.3) is 10.6 Å². The van der Waals surface area contributed by atoms with Gasteiger partial charge in [-0.2, -0.15) is 5.26 Å². The zero-order chi connectivity index (χ0) is 13.0. The highest BCUT2D eigenvalue weighted by atomic mass is 32.1. The Bertz CT molecular complexity index is 587. The van der Waals surface area contributed by atoms with Gasteiger partial charge < -0.3 is 9.47 Å². The molecule has 0 unspecified atom stereocenters. The summed E-state index contributed by atoms with van der Waals surface area (Å²) in [5.41, 5.74) is 0.960. The summed E-state index contributed by atoms with van der Waals surface area (Å²) in [5.74, 6) is 1.36. The van der Waals surface area contributed by atoms with Crippen molar-refractivity contribution in [2.45, 2.75) is 6.42 Å². The minimum Gasteiger partial charge on any atom is -0.493 e. The monoisotopic (exact) mass is 260 g/mol. The molecule has 0 amide bonds. The summed E-state index contributed by atoms with van der Waals surface area (Å²) in [4.78, 5) is 5.27. The van der Waals surface area contributed by atoms with E-state index in [2.05, 4.69) is 11.1 Å². The first kappa shape index (κ1) is 12.4. The molecule has 0 aliphatic heterocycles. The molecule has 2 rings (SSSR count). The predicted molar refractivity (Wildman–Crippen MR) is 70.0 cm³/mol. The maximum Gasteiger partial charge on any atom is 0.161 e. The molecule has 0 fully saturated rings. The third kappa shape index (κ3) is 2.44. The van der Waals surface area contributed by atoms with E-state index in [-0.39, 0.29) is 0 Å². The molecule has 4 nitrogen and oxygen atoms in total. The van der Waals surface area contributed by atoms with Crippen molar-refractivity contribution in [1.82, 2.24) is 4.98 Å². The van der Waals surface area contributed by atoms with Crippen LogP contribution in [0.3, 0.4) is 0 Å². The lowest BCUT2D eigenvalue weighted by molar-refractivity contribution is 0.355. The molecule has 18 heavy (non-hydrogen) atoms. The van der Waals surface area contributed by atoms with Crippen LogP contribution in [0.5, 0.6) is 11.5 Å². The highest BCUT2D eigenvalue weighted by molar-refractivity contribution is 7.15. The average Bonchev–Trinajstić information content (AvgIpc) is 2.87. The van der Waals surface area contributed by atoms with E-state index >= 15 is 0 Å². The Morgan fingerprint density at radius 3 is 2.72 bits per heavy atom. The van der Waals surface area contributed by atoms with Crippen molar-refractivity contribution in [3.8, 4) is 28.1 Å². The van der Waals surface area contributed by atoms with Crippen LogP contribution in [-0.2, 0) is 6.42 Å². The van der Waals surface area contributed by atoms with E-state index in [1.807, 2.05) is 18.2 Å². The third-order valence-corrected chi connectivity index (χ3v) is 3.48. The molecule has 0 spiro atoms. The van der Waals surface area contributed by atoms with E-state index in [1.54, 1.807) is 20.4 Å². The topological polar surface area (TPSA) is 55.1 Å². The number of ether oxygens (including phenoxy) is 2. The maximum absolute atomic E-state index is 8.64. The van der Waals surface area contributed by atoms with Crippen LogP contribution >= 0.6 is 11.3 Å². The SMILES string of the molecule is COc1ccc(-c2ncc(CC#N)s2)cc1OC. The molecule has 2 aromatic rings. The number of nitrogens with zero attached hydrogens (tertiary/aromatic N) is 2. The number of hydrogen-bond acceptors (Lipinski definition) is 5. The van der Waals surface area contributed by atoms with Crippen LogP contribution in [0.15, 0.2) is 24.4 Å². The van der Waals surface area contributed by atoms with Gasteiger partial charge in [0, 0.05) is 16.6 Å². The van der Waals surface area contributed by atoms with Gasteiger partial charge in [-0.25, -0.2) is 4.98 Å². The van der Waals surface area contributed by atoms with Gasteiger partial charge in [-0.1, -0.05) is 0 Å². The minimum atomic E-state index is 0.394. The van der Waals surface area contributed by atoms with E-state index in [4.69, 9.17) is 14.7 Å². The molecule has 0 saturated carbocycles. The number of methoxy groups -OCH3 is 2.